The highest BCUT2D eigenvalue weighted by Crippen LogP contribution is 2.00. The van der Waals surface area contributed by atoms with Crippen LogP contribution < -0.4 is 0 Å². The first-order valence-electron chi connectivity index (χ1n) is 5.54. The van der Waals surface area contributed by atoms with Crippen LogP contribution in [0.4, 0.5) is 0 Å². The Morgan fingerprint density at radius 3 is 0.923 bits per heavy atom. The highest BCUT2D eigenvalue weighted by molar-refractivity contribution is 4.39. The van der Waals surface area contributed by atoms with Gasteiger partial charge in [-0.3, -0.25) is 0 Å². The van der Waals surface area contributed by atoms with Gasteiger partial charge < -0.3 is 0 Å². The van der Waals surface area contributed by atoms with Gasteiger partial charge in [0.15, 0.2) is 0 Å². The van der Waals surface area contributed by atoms with Gasteiger partial charge in [0.1, 0.15) is 0 Å². The molecule has 13 heavy (non-hydrogen) atoms. The maximum atomic E-state index is 2.25. The van der Waals surface area contributed by atoms with Crippen LogP contribution in [0, 0.1) is 11.8 Å². The fourth-order valence-corrected chi connectivity index (χ4v) is 1.15. The van der Waals surface area contributed by atoms with Crippen molar-refractivity contribution in [3.8, 4) is 0 Å². The Kier molecular flexibility index (Phi) is 20.9. The van der Waals surface area contributed by atoms with Gasteiger partial charge in [-0.05, 0) is 11.8 Å². The molecule has 84 valence electrons. The Bertz CT molecular complexity index is 52.4. The second-order valence-corrected chi connectivity index (χ2v) is 4.37. The highest BCUT2D eigenvalue weighted by atomic mass is 13.9. The molecule has 0 spiro atoms. The lowest BCUT2D eigenvalue weighted by Gasteiger charge is -1.95. The molecular weight excluding hydrogens is 156 g/mol. The molecule has 0 aromatic carbocycles. The van der Waals surface area contributed by atoms with E-state index in [9.17, 15) is 0 Å². The molecule has 0 N–H and O–H groups in total. The summed E-state index contributed by atoms with van der Waals surface area (Å²) in [4.78, 5) is 0. The van der Waals surface area contributed by atoms with Crippen molar-refractivity contribution in [3.63, 3.8) is 0 Å². The van der Waals surface area contributed by atoms with Crippen LogP contribution >= 0.6 is 0 Å². The van der Waals surface area contributed by atoms with E-state index in [0.29, 0.717) is 0 Å². The normalized spacial score (nSPS) is 9.23. The predicted octanol–water partition coefficient (Wildman–Crippen LogP) is 5.52. The van der Waals surface area contributed by atoms with Gasteiger partial charge in [-0.25, -0.2) is 0 Å². The van der Waals surface area contributed by atoms with Crippen LogP contribution in [0.2, 0.25) is 0 Å². The van der Waals surface area contributed by atoms with Crippen LogP contribution in [0.1, 0.15) is 74.7 Å². The van der Waals surface area contributed by atoms with Gasteiger partial charge in [-0.2, -0.15) is 0 Å². The average molecular weight is 188 g/mol. The first kappa shape index (κ1) is 18.7. The summed E-state index contributed by atoms with van der Waals surface area (Å²) in [6, 6.07) is 0. The fraction of sp³-hybridized carbons (Fsp3) is 1.00. The Morgan fingerprint density at radius 1 is 0.692 bits per heavy atom. The lowest BCUT2D eigenvalue weighted by atomic mass is 10.1. The van der Waals surface area contributed by atoms with E-state index in [1.807, 2.05) is 0 Å². The van der Waals surface area contributed by atoms with Crippen molar-refractivity contribution in [2.45, 2.75) is 74.7 Å². The van der Waals surface area contributed by atoms with Gasteiger partial charge in [0.05, 0.1) is 0 Å². The molecule has 0 unspecified atom stereocenters. The van der Waals surface area contributed by atoms with E-state index in [0.717, 1.165) is 11.8 Å². The molecule has 0 heteroatoms. The van der Waals surface area contributed by atoms with Gasteiger partial charge in [0.2, 0.25) is 0 Å². The van der Waals surface area contributed by atoms with E-state index in [-0.39, 0.29) is 7.43 Å². The Balaban J connectivity index is -0.000000143. The monoisotopic (exact) mass is 188 g/mol. The molecule has 0 saturated carbocycles. The van der Waals surface area contributed by atoms with E-state index in [4.69, 9.17) is 0 Å². The zero-order chi connectivity index (χ0) is 9.98. The Labute approximate surface area is 87.1 Å². The average Bonchev–Trinajstić information content (AvgIpc) is 1.87. The summed E-state index contributed by atoms with van der Waals surface area (Å²) in [5.41, 5.74) is 0. The van der Waals surface area contributed by atoms with Crippen LogP contribution in [0.3, 0.4) is 0 Å². The summed E-state index contributed by atoms with van der Waals surface area (Å²) in [5, 5.41) is 0. The fourth-order valence-electron chi connectivity index (χ4n) is 1.15. The summed E-state index contributed by atoms with van der Waals surface area (Å²) in [5.74, 6) is 1.80. The largest absolute Gasteiger partial charge is 0.0776 e. The topological polar surface area (TPSA) is 0 Å². The molecule has 0 aliphatic carbocycles. The van der Waals surface area contributed by atoms with Crippen molar-refractivity contribution in [1.82, 2.24) is 0 Å². The van der Waals surface area contributed by atoms with Crippen molar-refractivity contribution in [2.75, 3.05) is 0 Å². The van der Waals surface area contributed by atoms with E-state index in [1.54, 1.807) is 0 Å². The molecule has 0 heterocycles. The second-order valence-electron chi connectivity index (χ2n) is 4.37. The lowest BCUT2D eigenvalue weighted by Crippen LogP contribution is -1.81. The minimum Gasteiger partial charge on any atom is -0.0776 e. The highest BCUT2D eigenvalue weighted by Gasteiger charge is 1.86. The summed E-state index contributed by atoms with van der Waals surface area (Å²) < 4.78 is 0. The second kappa shape index (κ2) is 14.5. The quantitative estimate of drug-likeness (QED) is 0.545. The molecule has 0 saturated heterocycles. The third-order valence-electron chi connectivity index (χ3n) is 1.73. The number of hydrogen-bond acceptors (Lipinski definition) is 0. The van der Waals surface area contributed by atoms with Crippen molar-refractivity contribution in [2.24, 2.45) is 11.8 Å². The first-order valence-corrected chi connectivity index (χ1v) is 5.54. The van der Waals surface area contributed by atoms with Crippen LogP contribution in [0.15, 0.2) is 0 Å². The van der Waals surface area contributed by atoms with Gasteiger partial charge in [0, 0.05) is 0 Å². The van der Waals surface area contributed by atoms with Crippen LogP contribution in [0.5, 0.6) is 0 Å². The molecule has 0 rings (SSSR count). The minimum absolute atomic E-state index is 0. The maximum absolute atomic E-state index is 2.25. The summed E-state index contributed by atoms with van der Waals surface area (Å²) in [6.07, 6.45) is 5.41. The van der Waals surface area contributed by atoms with Gasteiger partial charge in [0.25, 0.3) is 0 Å². The van der Waals surface area contributed by atoms with Gasteiger partial charge in [-0.1, -0.05) is 74.7 Å². The maximum Gasteiger partial charge on any atom is -0.0471 e. The van der Waals surface area contributed by atoms with Crippen LogP contribution in [0.25, 0.3) is 0 Å². The Hall–Kier alpha value is 0. The molecule has 0 aromatic heterocycles. The molecule has 0 fully saturated rings. The van der Waals surface area contributed by atoms with E-state index >= 15 is 0 Å². The standard InChI is InChI=1S/2C6H14.CH4/c2*1-4-5-6(2)3;/h2*6H,4-5H2,1-3H3;1H4. The molecule has 0 aliphatic heterocycles. The molecular formula is C13H32. The van der Waals surface area contributed by atoms with E-state index in [1.165, 1.54) is 25.7 Å². The summed E-state index contributed by atoms with van der Waals surface area (Å²) in [6.45, 7) is 13.5. The van der Waals surface area contributed by atoms with E-state index < -0.39 is 0 Å². The molecule has 0 atom stereocenters. The summed E-state index contributed by atoms with van der Waals surface area (Å²) >= 11 is 0. The zero-order valence-electron chi connectivity index (χ0n) is 9.98. The number of hydrogen-bond donors (Lipinski definition) is 0. The SMILES string of the molecule is C.CCCC(C)C.CCCC(C)C. The minimum atomic E-state index is 0. The molecule has 0 bridgehead atoms. The number of rotatable bonds is 4. The van der Waals surface area contributed by atoms with Crippen molar-refractivity contribution < 1.29 is 0 Å². The third-order valence-corrected chi connectivity index (χ3v) is 1.73. The Morgan fingerprint density at radius 2 is 0.923 bits per heavy atom. The molecule has 0 amide bonds. The molecule has 0 radical (unpaired) electrons. The predicted molar refractivity (Wildman–Crippen MR) is 66.2 cm³/mol. The third kappa shape index (κ3) is 33.3. The smallest absolute Gasteiger partial charge is 0.0471 e. The summed E-state index contributed by atoms with van der Waals surface area (Å²) in [7, 11) is 0. The van der Waals surface area contributed by atoms with Crippen LogP contribution in [-0.4, -0.2) is 0 Å². The van der Waals surface area contributed by atoms with Crippen LogP contribution in [-0.2, 0) is 0 Å². The molecule has 0 aromatic rings. The van der Waals surface area contributed by atoms with E-state index in [2.05, 4.69) is 41.5 Å². The lowest BCUT2D eigenvalue weighted by molar-refractivity contribution is 0.576. The van der Waals surface area contributed by atoms with Gasteiger partial charge >= 0.3 is 0 Å². The van der Waals surface area contributed by atoms with Gasteiger partial charge in [-0.15, -0.1) is 0 Å². The molecule has 0 nitrogen and oxygen atoms in total. The first-order chi connectivity index (χ1) is 5.54. The van der Waals surface area contributed by atoms with Crippen molar-refractivity contribution in [3.05, 3.63) is 0 Å². The molecule has 0 aliphatic rings. The van der Waals surface area contributed by atoms with Crippen molar-refractivity contribution >= 4 is 0 Å². The zero-order valence-corrected chi connectivity index (χ0v) is 9.98. The van der Waals surface area contributed by atoms with Crippen molar-refractivity contribution in [1.29, 1.82) is 0 Å².